The SMILES string of the molecule is CCOS(C)(=O)=O.O=NO. The van der Waals surface area contributed by atoms with Crippen LogP contribution in [0.3, 0.4) is 0 Å². The normalized spacial score (nSPS) is 9.40. The van der Waals surface area contributed by atoms with Gasteiger partial charge in [0.15, 0.2) is 5.34 Å². The summed E-state index contributed by atoms with van der Waals surface area (Å²) in [4.78, 5) is 8.11. The van der Waals surface area contributed by atoms with Gasteiger partial charge >= 0.3 is 0 Å². The van der Waals surface area contributed by atoms with Gasteiger partial charge in [0, 0.05) is 0 Å². The summed E-state index contributed by atoms with van der Waals surface area (Å²) in [6, 6.07) is 0. The molecule has 6 nitrogen and oxygen atoms in total. The molecule has 1 N–H and O–H groups in total. The lowest BCUT2D eigenvalue weighted by atomic mass is 10.9. The monoisotopic (exact) mass is 171 g/mol. The molecule has 0 rings (SSSR count). The molecule has 0 unspecified atom stereocenters. The number of nitrogens with zero attached hydrogens (tertiary/aromatic N) is 1. The van der Waals surface area contributed by atoms with E-state index in [-0.39, 0.29) is 6.61 Å². The Hall–Kier alpha value is -0.690. The topological polar surface area (TPSA) is 93.0 Å². The quantitative estimate of drug-likeness (QED) is 0.362. The van der Waals surface area contributed by atoms with Gasteiger partial charge in [0.05, 0.1) is 12.9 Å². The molecular formula is C3H9NO5S. The largest absolute Gasteiger partial charge is 0.379 e. The first-order chi connectivity index (χ1) is 4.47. The highest BCUT2D eigenvalue weighted by atomic mass is 32.2. The first kappa shape index (κ1) is 12.0. The fourth-order valence-electron chi connectivity index (χ4n) is 0.214. The van der Waals surface area contributed by atoms with Gasteiger partial charge in [-0.05, 0) is 6.92 Å². The molecule has 0 aliphatic rings. The number of rotatable bonds is 2. The summed E-state index contributed by atoms with van der Waals surface area (Å²) < 4.78 is 24.2. The molecule has 0 aliphatic carbocycles. The highest BCUT2D eigenvalue weighted by Gasteiger charge is 1.94. The second-order valence-corrected chi connectivity index (χ2v) is 2.84. The van der Waals surface area contributed by atoms with E-state index in [1.54, 1.807) is 6.92 Å². The van der Waals surface area contributed by atoms with Gasteiger partial charge < -0.3 is 5.21 Å². The highest BCUT2D eigenvalue weighted by Crippen LogP contribution is 1.81. The van der Waals surface area contributed by atoms with E-state index in [0.29, 0.717) is 0 Å². The summed E-state index contributed by atoms with van der Waals surface area (Å²) in [7, 11) is -3.17. The second-order valence-electron chi connectivity index (χ2n) is 1.19. The van der Waals surface area contributed by atoms with Gasteiger partial charge in [-0.2, -0.15) is 8.42 Å². The van der Waals surface area contributed by atoms with Crippen molar-refractivity contribution >= 4 is 10.1 Å². The maximum Gasteiger partial charge on any atom is 0.264 e. The van der Waals surface area contributed by atoms with E-state index in [1.807, 2.05) is 0 Å². The van der Waals surface area contributed by atoms with Crippen molar-refractivity contribution in [3.63, 3.8) is 0 Å². The molecule has 10 heavy (non-hydrogen) atoms. The lowest BCUT2D eigenvalue weighted by Gasteiger charge is -1.90. The van der Waals surface area contributed by atoms with Crippen LogP contribution >= 0.6 is 0 Å². The summed E-state index contributed by atoms with van der Waals surface area (Å²) >= 11 is 0. The van der Waals surface area contributed by atoms with Crippen molar-refractivity contribution < 1.29 is 17.8 Å². The molecule has 0 saturated heterocycles. The minimum absolute atomic E-state index is 0.221. The molecule has 62 valence electrons. The zero-order valence-electron chi connectivity index (χ0n) is 5.64. The minimum Gasteiger partial charge on any atom is -0.379 e. The highest BCUT2D eigenvalue weighted by molar-refractivity contribution is 7.85. The Morgan fingerprint density at radius 1 is 1.60 bits per heavy atom. The van der Waals surface area contributed by atoms with Gasteiger partial charge in [0.1, 0.15) is 0 Å². The van der Waals surface area contributed by atoms with Gasteiger partial charge in [0.2, 0.25) is 0 Å². The molecule has 7 heteroatoms. The van der Waals surface area contributed by atoms with E-state index in [4.69, 9.17) is 10.1 Å². The molecule has 0 saturated carbocycles. The van der Waals surface area contributed by atoms with Crippen molar-refractivity contribution in [1.82, 2.24) is 0 Å². The molecule has 0 fully saturated rings. The summed E-state index contributed by atoms with van der Waals surface area (Å²) in [6.45, 7) is 1.85. The predicted octanol–water partition coefficient (Wildman–Crippen LogP) is 0.124. The summed E-state index contributed by atoms with van der Waals surface area (Å²) in [5.41, 5.74) is 0. The third-order valence-electron chi connectivity index (χ3n) is 0.332. The molecule has 0 amide bonds. The predicted molar refractivity (Wildman–Crippen MR) is 34.1 cm³/mol. The minimum atomic E-state index is -3.17. The Bertz CT molecular complexity index is 162. The van der Waals surface area contributed by atoms with Gasteiger partial charge in [0.25, 0.3) is 10.1 Å². The van der Waals surface area contributed by atoms with Crippen LogP contribution in [0.15, 0.2) is 5.34 Å². The van der Waals surface area contributed by atoms with Crippen LogP contribution < -0.4 is 0 Å². The smallest absolute Gasteiger partial charge is 0.264 e. The molecule has 0 aromatic heterocycles. The lowest BCUT2D eigenvalue weighted by Crippen LogP contribution is -2.00. The first-order valence-electron chi connectivity index (χ1n) is 2.29. The van der Waals surface area contributed by atoms with Gasteiger partial charge in [-0.1, -0.05) is 0 Å². The number of hydrogen-bond acceptors (Lipinski definition) is 5. The molecule has 0 heterocycles. The molecule has 0 aliphatic heterocycles. The Morgan fingerprint density at radius 2 is 1.90 bits per heavy atom. The van der Waals surface area contributed by atoms with E-state index < -0.39 is 10.1 Å². The fourth-order valence-corrected chi connectivity index (χ4v) is 0.642. The Kier molecular flexibility index (Phi) is 7.74. The van der Waals surface area contributed by atoms with Crippen molar-refractivity contribution in [1.29, 1.82) is 0 Å². The third kappa shape index (κ3) is 26.6. The second kappa shape index (κ2) is 6.43. The van der Waals surface area contributed by atoms with Crippen LogP contribution in [0.25, 0.3) is 0 Å². The third-order valence-corrected chi connectivity index (χ3v) is 0.996. The zero-order valence-corrected chi connectivity index (χ0v) is 6.46. The number of hydrogen-bond donors (Lipinski definition) is 1. The van der Waals surface area contributed by atoms with E-state index in [2.05, 4.69) is 4.18 Å². The standard InChI is InChI=1S/C3H8O3S.HNO2/c1-3-6-7(2,4)5;2-1-3/h3H2,1-2H3;(H,2,3). The summed E-state index contributed by atoms with van der Waals surface area (Å²) in [5, 5.41) is 7.89. The Morgan fingerprint density at radius 3 is 1.90 bits per heavy atom. The van der Waals surface area contributed by atoms with Crippen molar-refractivity contribution in [3.8, 4) is 0 Å². The van der Waals surface area contributed by atoms with Crippen LogP contribution in [0.2, 0.25) is 0 Å². The molecule has 0 radical (unpaired) electrons. The van der Waals surface area contributed by atoms with Crippen molar-refractivity contribution in [2.24, 2.45) is 5.34 Å². The average molecular weight is 171 g/mol. The molecule has 0 atom stereocenters. The maximum atomic E-state index is 10.0. The van der Waals surface area contributed by atoms with Crippen LogP contribution in [0.5, 0.6) is 0 Å². The molecule has 0 aromatic rings. The van der Waals surface area contributed by atoms with Crippen LogP contribution in [0, 0.1) is 4.91 Å². The van der Waals surface area contributed by atoms with Crippen molar-refractivity contribution in [2.75, 3.05) is 12.9 Å². The Labute approximate surface area is 58.9 Å². The van der Waals surface area contributed by atoms with Crippen molar-refractivity contribution in [3.05, 3.63) is 4.91 Å². The van der Waals surface area contributed by atoms with Crippen LogP contribution in [0.1, 0.15) is 6.92 Å². The van der Waals surface area contributed by atoms with Crippen LogP contribution in [-0.4, -0.2) is 26.5 Å². The van der Waals surface area contributed by atoms with Crippen LogP contribution in [-0.2, 0) is 14.3 Å². The Balaban J connectivity index is 0. The molecule has 0 aromatic carbocycles. The lowest BCUT2D eigenvalue weighted by molar-refractivity contribution is 0.312. The van der Waals surface area contributed by atoms with E-state index in [0.717, 1.165) is 6.26 Å². The van der Waals surface area contributed by atoms with E-state index in [1.165, 1.54) is 5.34 Å². The van der Waals surface area contributed by atoms with E-state index >= 15 is 0 Å². The molecular weight excluding hydrogens is 162 g/mol. The summed E-state index contributed by atoms with van der Waals surface area (Å²) in [5.74, 6) is 0. The van der Waals surface area contributed by atoms with Gasteiger partial charge in [-0.25, -0.2) is 0 Å². The van der Waals surface area contributed by atoms with Crippen LogP contribution in [0.4, 0.5) is 0 Å². The van der Waals surface area contributed by atoms with Gasteiger partial charge in [-0.3, -0.25) is 4.18 Å². The molecule has 0 bridgehead atoms. The maximum absolute atomic E-state index is 10.0. The first-order valence-corrected chi connectivity index (χ1v) is 4.10. The van der Waals surface area contributed by atoms with E-state index in [9.17, 15) is 8.42 Å². The molecule has 0 spiro atoms. The fraction of sp³-hybridized carbons (Fsp3) is 1.00. The van der Waals surface area contributed by atoms with Crippen molar-refractivity contribution in [2.45, 2.75) is 6.92 Å². The van der Waals surface area contributed by atoms with Gasteiger partial charge in [-0.15, -0.1) is 4.91 Å². The zero-order chi connectivity index (χ0) is 8.62. The average Bonchev–Trinajstić information content (AvgIpc) is 1.63. The summed E-state index contributed by atoms with van der Waals surface area (Å²) in [6.07, 6.45) is 1.02.